The molecule has 4 nitrogen and oxygen atoms in total. The Hall–Kier alpha value is -1.65. The van der Waals surface area contributed by atoms with Crippen LogP contribution in [0.15, 0.2) is 32.6 Å². The van der Waals surface area contributed by atoms with Gasteiger partial charge in [0.1, 0.15) is 17.4 Å². The van der Waals surface area contributed by atoms with Crippen molar-refractivity contribution in [1.29, 1.82) is 5.26 Å². The molecule has 96 valence electrons. The molecule has 2 aromatic rings. The predicted molar refractivity (Wildman–Crippen MR) is 74.4 cm³/mol. The Morgan fingerprint density at radius 2 is 2.26 bits per heavy atom. The summed E-state index contributed by atoms with van der Waals surface area (Å²) in [7, 11) is 0. The lowest BCUT2D eigenvalue weighted by Gasteiger charge is -2.06. The molecule has 1 aromatic heterocycles. The molecule has 0 unspecified atom stereocenters. The number of nitrogens with zero attached hydrogens (tertiary/aromatic N) is 2. The Labute approximate surface area is 120 Å². The van der Waals surface area contributed by atoms with E-state index >= 15 is 0 Å². The molecule has 0 saturated carbocycles. The Morgan fingerprint density at radius 3 is 2.84 bits per heavy atom. The number of hydrogen-bond donors (Lipinski definition) is 1. The SMILES string of the molecule is CSc1nc(-c2ccc(Br)cc2F)c(C#N)c(=O)[nH]1. The van der Waals surface area contributed by atoms with Crippen LogP contribution in [0, 0.1) is 17.1 Å². The van der Waals surface area contributed by atoms with Crippen LogP contribution in [0.5, 0.6) is 0 Å². The van der Waals surface area contributed by atoms with Gasteiger partial charge in [-0.3, -0.25) is 4.79 Å². The summed E-state index contributed by atoms with van der Waals surface area (Å²) < 4.78 is 14.5. The topological polar surface area (TPSA) is 69.5 Å². The van der Waals surface area contributed by atoms with E-state index in [-0.39, 0.29) is 16.8 Å². The Bertz CT molecular complexity index is 739. The monoisotopic (exact) mass is 339 g/mol. The van der Waals surface area contributed by atoms with E-state index in [9.17, 15) is 9.18 Å². The number of halogens is 2. The molecule has 2 rings (SSSR count). The number of nitriles is 1. The zero-order chi connectivity index (χ0) is 14.0. The molecule has 0 spiro atoms. The van der Waals surface area contributed by atoms with Crippen LogP contribution in [0.4, 0.5) is 4.39 Å². The highest BCUT2D eigenvalue weighted by atomic mass is 79.9. The zero-order valence-corrected chi connectivity index (χ0v) is 12.1. The third-order valence-corrected chi connectivity index (χ3v) is 3.46. The smallest absolute Gasteiger partial charge is 0.270 e. The highest BCUT2D eigenvalue weighted by molar-refractivity contribution is 9.10. The fraction of sp³-hybridized carbons (Fsp3) is 0.0833. The third kappa shape index (κ3) is 2.69. The number of thioether (sulfide) groups is 1. The van der Waals surface area contributed by atoms with E-state index in [1.165, 1.54) is 23.9 Å². The van der Waals surface area contributed by atoms with Gasteiger partial charge in [0.2, 0.25) is 0 Å². The van der Waals surface area contributed by atoms with E-state index in [0.29, 0.717) is 9.63 Å². The first-order valence-electron chi connectivity index (χ1n) is 5.10. The van der Waals surface area contributed by atoms with Crippen LogP contribution in [0.1, 0.15) is 5.56 Å². The average molecular weight is 340 g/mol. The molecule has 0 bridgehead atoms. The number of aromatic amines is 1. The van der Waals surface area contributed by atoms with Crippen LogP contribution in [0.2, 0.25) is 0 Å². The second kappa shape index (κ2) is 5.55. The summed E-state index contributed by atoms with van der Waals surface area (Å²) in [5.74, 6) is -0.545. The first kappa shape index (κ1) is 13.8. The lowest BCUT2D eigenvalue weighted by Crippen LogP contribution is -2.15. The van der Waals surface area contributed by atoms with Gasteiger partial charge in [-0.15, -0.1) is 0 Å². The maximum atomic E-state index is 13.9. The van der Waals surface area contributed by atoms with E-state index in [2.05, 4.69) is 25.9 Å². The molecule has 0 amide bonds. The molecule has 0 aliphatic heterocycles. The van der Waals surface area contributed by atoms with Crippen LogP contribution >= 0.6 is 27.7 Å². The second-order valence-electron chi connectivity index (χ2n) is 3.53. The van der Waals surface area contributed by atoms with Gasteiger partial charge in [-0.25, -0.2) is 9.37 Å². The molecule has 1 N–H and O–H groups in total. The van der Waals surface area contributed by atoms with Crippen molar-refractivity contribution in [3.63, 3.8) is 0 Å². The molecular weight excluding hydrogens is 333 g/mol. The fourth-order valence-corrected chi connectivity index (χ4v) is 2.24. The summed E-state index contributed by atoms with van der Waals surface area (Å²) in [4.78, 5) is 18.3. The minimum atomic E-state index is -0.570. The molecule has 0 fully saturated rings. The van der Waals surface area contributed by atoms with Crippen LogP contribution in [0.3, 0.4) is 0 Å². The van der Waals surface area contributed by atoms with E-state index in [1.807, 2.05) is 0 Å². The number of H-pyrrole nitrogens is 1. The summed E-state index contributed by atoms with van der Waals surface area (Å²) >= 11 is 4.36. The van der Waals surface area contributed by atoms with Crippen LogP contribution < -0.4 is 5.56 Å². The van der Waals surface area contributed by atoms with Crippen molar-refractivity contribution < 1.29 is 4.39 Å². The quantitative estimate of drug-likeness (QED) is 0.674. The van der Waals surface area contributed by atoms with Gasteiger partial charge in [-0.05, 0) is 24.5 Å². The van der Waals surface area contributed by atoms with Crippen molar-refractivity contribution in [2.75, 3.05) is 6.26 Å². The fourth-order valence-electron chi connectivity index (χ4n) is 1.53. The summed E-state index contributed by atoms with van der Waals surface area (Å²) in [5, 5.41) is 9.36. The van der Waals surface area contributed by atoms with Gasteiger partial charge < -0.3 is 4.98 Å². The first-order valence-corrected chi connectivity index (χ1v) is 7.12. The van der Waals surface area contributed by atoms with E-state index in [4.69, 9.17) is 5.26 Å². The molecule has 7 heteroatoms. The van der Waals surface area contributed by atoms with Gasteiger partial charge >= 0.3 is 0 Å². The van der Waals surface area contributed by atoms with Gasteiger partial charge in [-0.1, -0.05) is 27.7 Å². The standard InChI is InChI=1S/C12H7BrFN3OS/c1-19-12-16-10(8(5-15)11(18)17-12)7-3-2-6(13)4-9(7)14/h2-4H,1H3,(H,16,17,18). The van der Waals surface area contributed by atoms with Gasteiger partial charge in [0.15, 0.2) is 5.16 Å². The van der Waals surface area contributed by atoms with Crippen LogP contribution in [-0.2, 0) is 0 Å². The molecule has 19 heavy (non-hydrogen) atoms. The van der Waals surface area contributed by atoms with Crippen LogP contribution in [0.25, 0.3) is 11.3 Å². The van der Waals surface area contributed by atoms with Crippen molar-refractivity contribution in [2.24, 2.45) is 0 Å². The normalized spacial score (nSPS) is 10.2. The molecular formula is C12H7BrFN3OS. The Morgan fingerprint density at radius 1 is 1.53 bits per heavy atom. The van der Waals surface area contributed by atoms with Gasteiger partial charge in [0.25, 0.3) is 5.56 Å². The summed E-state index contributed by atoms with van der Waals surface area (Å²) in [5.41, 5.74) is -0.583. The predicted octanol–water partition coefficient (Wildman–Crippen LogP) is 2.93. The van der Waals surface area contributed by atoms with Gasteiger partial charge in [-0.2, -0.15) is 5.26 Å². The average Bonchev–Trinajstić information content (AvgIpc) is 2.37. The van der Waals surface area contributed by atoms with Crippen molar-refractivity contribution in [1.82, 2.24) is 9.97 Å². The van der Waals surface area contributed by atoms with Gasteiger partial charge in [0.05, 0.1) is 5.69 Å². The largest absolute Gasteiger partial charge is 0.300 e. The number of rotatable bonds is 2. The third-order valence-electron chi connectivity index (χ3n) is 2.39. The molecule has 0 radical (unpaired) electrons. The van der Waals surface area contributed by atoms with Crippen molar-refractivity contribution in [2.45, 2.75) is 5.16 Å². The number of aromatic nitrogens is 2. The maximum absolute atomic E-state index is 13.9. The van der Waals surface area contributed by atoms with E-state index in [0.717, 1.165) is 0 Å². The van der Waals surface area contributed by atoms with E-state index in [1.54, 1.807) is 18.4 Å². The maximum Gasteiger partial charge on any atom is 0.270 e. The molecule has 0 aliphatic carbocycles. The summed E-state index contributed by atoms with van der Waals surface area (Å²) in [6.07, 6.45) is 1.73. The highest BCUT2D eigenvalue weighted by Gasteiger charge is 2.16. The van der Waals surface area contributed by atoms with Crippen molar-refractivity contribution >= 4 is 27.7 Å². The number of hydrogen-bond acceptors (Lipinski definition) is 4. The molecule has 1 heterocycles. The minimum Gasteiger partial charge on any atom is -0.300 e. The minimum absolute atomic E-state index is 0.0561. The Kier molecular flexibility index (Phi) is 4.02. The second-order valence-corrected chi connectivity index (χ2v) is 5.25. The lowest BCUT2D eigenvalue weighted by molar-refractivity contribution is 0.629. The summed E-state index contributed by atoms with van der Waals surface area (Å²) in [6, 6.07) is 6.13. The molecule has 0 saturated heterocycles. The first-order chi connectivity index (χ1) is 9.06. The Balaban J connectivity index is 2.77. The number of benzene rings is 1. The molecule has 0 aliphatic rings. The van der Waals surface area contributed by atoms with Gasteiger partial charge in [0, 0.05) is 10.0 Å². The zero-order valence-electron chi connectivity index (χ0n) is 9.70. The highest BCUT2D eigenvalue weighted by Crippen LogP contribution is 2.26. The van der Waals surface area contributed by atoms with Crippen molar-refractivity contribution in [3.05, 3.63) is 44.4 Å². The molecule has 1 aromatic carbocycles. The summed E-state index contributed by atoms with van der Waals surface area (Å²) in [6.45, 7) is 0. The lowest BCUT2D eigenvalue weighted by atomic mass is 10.1. The van der Waals surface area contributed by atoms with Crippen LogP contribution in [-0.4, -0.2) is 16.2 Å². The van der Waals surface area contributed by atoms with Crippen molar-refractivity contribution in [3.8, 4) is 17.3 Å². The molecule has 0 atom stereocenters. The number of nitrogens with one attached hydrogen (secondary N) is 1. The van der Waals surface area contributed by atoms with E-state index < -0.39 is 11.4 Å².